The lowest BCUT2D eigenvalue weighted by atomic mass is 9.91. The number of nitrogens with zero attached hydrogens (tertiary/aromatic N) is 2. The van der Waals surface area contributed by atoms with Crippen molar-refractivity contribution in [3.05, 3.63) is 18.0 Å². The SMILES string of the molecule is CC(C)C(CN)c1cnn(C)c1. The van der Waals surface area contributed by atoms with Gasteiger partial charge >= 0.3 is 0 Å². The van der Waals surface area contributed by atoms with Crippen molar-refractivity contribution in [3.8, 4) is 0 Å². The van der Waals surface area contributed by atoms with E-state index in [2.05, 4.69) is 18.9 Å². The summed E-state index contributed by atoms with van der Waals surface area (Å²) in [4.78, 5) is 0. The van der Waals surface area contributed by atoms with Crippen LogP contribution in [0.15, 0.2) is 12.4 Å². The minimum atomic E-state index is 0.443. The molecule has 0 spiro atoms. The third kappa shape index (κ3) is 1.85. The smallest absolute Gasteiger partial charge is 0.0525 e. The van der Waals surface area contributed by atoms with Crippen molar-refractivity contribution >= 4 is 0 Å². The van der Waals surface area contributed by atoms with Gasteiger partial charge in [0.15, 0.2) is 0 Å². The molecule has 1 aromatic rings. The molecule has 12 heavy (non-hydrogen) atoms. The molecule has 1 rings (SSSR count). The summed E-state index contributed by atoms with van der Waals surface area (Å²) in [5, 5.41) is 4.13. The Balaban J connectivity index is 2.80. The standard InChI is InChI=1S/C9H17N3/c1-7(2)9(4-10)8-5-11-12(3)6-8/h5-7,9H,4,10H2,1-3H3. The van der Waals surface area contributed by atoms with Gasteiger partial charge in [-0.3, -0.25) is 4.68 Å². The molecule has 68 valence electrons. The van der Waals surface area contributed by atoms with E-state index in [4.69, 9.17) is 5.73 Å². The predicted molar refractivity (Wildman–Crippen MR) is 49.8 cm³/mol. The van der Waals surface area contributed by atoms with Crippen LogP contribution in [-0.2, 0) is 7.05 Å². The zero-order valence-corrected chi connectivity index (χ0v) is 7.99. The van der Waals surface area contributed by atoms with Crippen LogP contribution in [-0.4, -0.2) is 16.3 Å². The molecule has 0 aliphatic carbocycles. The molecule has 0 aliphatic heterocycles. The Hall–Kier alpha value is -0.830. The Morgan fingerprint density at radius 3 is 2.58 bits per heavy atom. The van der Waals surface area contributed by atoms with Crippen LogP contribution in [0.3, 0.4) is 0 Å². The fraction of sp³-hybridized carbons (Fsp3) is 0.667. The second-order valence-corrected chi connectivity index (χ2v) is 3.53. The molecule has 1 unspecified atom stereocenters. The van der Waals surface area contributed by atoms with Gasteiger partial charge in [0.05, 0.1) is 6.20 Å². The monoisotopic (exact) mass is 167 g/mol. The largest absolute Gasteiger partial charge is 0.330 e. The first kappa shape index (κ1) is 9.26. The van der Waals surface area contributed by atoms with Crippen molar-refractivity contribution in [2.24, 2.45) is 18.7 Å². The Labute approximate surface area is 73.6 Å². The quantitative estimate of drug-likeness (QED) is 0.733. The number of hydrogen-bond donors (Lipinski definition) is 1. The van der Waals surface area contributed by atoms with Gasteiger partial charge in [-0.25, -0.2) is 0 Å². The van der Waals surface area contributed by atoms with E-state index >= 15 is 0 Å². The third-order valence-corrected chi connectivity index (χ3v) is 2.21. The van der Waals surface area contributed by atoms with Crippen molar-refractivity contribution in [3.63, 3.8) is 0 Å². The van der Waals surface area contributed by atoms with Gasteiger partial charge in [-0.15, -0.1) is 0 Å². The molecule has 0 saturated heterocycles. The van der Waals surface area contributed by atoms with Gasteiger partial charge in [-0.05, 0) is 18.0 Å². The fourth-order valence-electron chi connectivity index (χ4n) is 1.42. The summed E-state index contributed by atoms with van der Waals surface area (Å²) >= 11 is 0. The van der Waals surface area contributed by atoms with E-state index in [1.807, 2.05) is 24.1 Å². The number of hydrogen-bond acceptors (Lipinski definition) is 2. The lowest BCUT2D eigenvalue weighted by Crippen LogP contribution is -2.17. The van der Waals surface area contributed by atoms with Gasteiger partial charge in [0.2, 0.25) is 0 Å². The third-order valence-electron chi connectivity index (χ3n) is 2.21. The second-order valence-electron chi connectivity index (χ2n) is 3.53. The fourth-order valence-corrected chi connectivity index (χ4v) is 1.42. The van der Waals surface area contributed by atoms with Crippen LogP contribution >= 0.6 is 0 Å². The number of rotatable bonds is 3. The molecule has 1 aromatic heterocycles. The van der Waals surface area contributed by atoms with Gasteiger partial charge < -0.3 is 5.73 Å². The van der Waals surface area contributed by atoms with Crippen molar-refractivity contribution in [1.29, 1.82) is 0 Å². The van der Waals surface area contributed by atoms with Crippen LogP contribution in [0.2, 0.25) is 0 Å². The van der Waals surface area contributed by atoms with Crippen LogP contribution < -0.4 is 5.73 Å². The molecule has 1 atom stereocenters. The highest BCUT2D eigenvalue weighted by atomic mass is 15.2. The lowest BCUT2D eigenvalue weighted by molar-refractivity contribution is 0.506. The molecule has 0 amide bonds. The average molecular weight is 167 g/mol. The van der Waals surface area contributed by atoms with E-state index in [9.17, 15) is 0 Å². The first-order valence-corrected chi connectivity index (χ1v) is 4.33. The summed E-state index contributed by atoms with van der Waals surface area (Å²) in [6.45, 7) is 5.07. The van der Waals surface area contributed by atoms with Crippen LogP contribution in [0.5, 0.6) is 0 Å². The highest BCUT2D eigenvalue weighted by molar-refractivity contribution is 5.12. The molecular weight excluding hydrogens is 150 g/mol. The van der Waals surface area contributed by atoms with E-state index in [1.54, 1.807) is 0 Å². The number of aryl methyl sites for hydroxylation is 1. The first-order valence-electron chi connectivity index (χ1n) is 4.33. The summed E-state index contributed by atoms with van der Waals surface area (Å²) in [5.74, 6) is 1.03. The number of aromatic nitrogens is 2. The molecule has 0 bridgehead atoms. The molecule has 3 heteroatoms. The predicted octanol–water partition coefficient (Wildman–Crippen LogP) is 1.12. The van der Waals surface area contributed by atoms with Crippen LogP contribution in [0.25, 0.3) is 0 Å². The van der Waals surface area contributed by atoms with Gasteiger partial charge in [-0.2, -0.15) is 5.10 Å². The molecule has 3 nitrogen and oxygen atoms in total. The van der Waals surface area contributed by atoms with Crippen molar-refractivity contribution in [2.45, 2.75) is 19.8 Å². The maximum absolute atomic E-state index is 5.68. The topological polar surface area (TPSA) is 43.8 Å². The Morgan fingerprint density at radius 2 is 2.25 bits per heavy atom. The minimum Gasteiger partial charge on any atom is -0.330 e. The normalized spacial score (nSPS) is 13.8. The molecular formula is C9H17N3. The molecule has 0 aliphatic rings. The zero-order chi connectivity index (χ0) is 9.14. The second kappa shape index (κ2) is 3.72. The average Bonchev–Trinajstić information content (AvgIpc) is 2.37. The van der Waals surface area contributed by atoms with Gasteiger partial charge in [0.1, 0.15) is 0 Å². The van der Waals surface area contributed by atoms with Crippen LogP contribution in [0.4, 0.5) is 0 Å². The maximum Gasteiger partial charge on any atom is 0.0525 e. The first-order chi connectivity index (χ1) is 5.65. The minimum absolute atomic E-state index is 0.443. The Morgan fingerprint density at radius 1 is 1.58 bits per heavy atom. The van der Waals surface area contributed by atoms with Crippen molar-refractivity contribution in [1.82, 2.24) is 9.78 Å². The lowest BCUT2D eigenvalue weighted by Gasteiger charge is -2.16. The van der Waals surface area contributed by atoms with Gasteiger partial charge in [0.25, 0.3) is 0 Å². The maximum atomic E-state index is 5.68. The molecule has 0 saturated carbocycles. The number of nitrogens with two attached hydrogens (primary N) is 1. The van der Waals surface area contributed by atoms with Gasteiger partial charge in [0, 0.05) is 19.2 Å². The molecule has 0 fully saturated rings. The molecule has 0 radical (unpaired) electrons. The summed E-state index contributed by atoms with van der Waals surface area (Å²) in [7, 11) is 1.93. The molecule has 1 heterocycles. The Bertz CT molecular complexity index is 240. The van der Waals surface area contributed by atoms with Crippen molar-refractivity contribution in [2.75, 3.05) is 6.54 Å². The van der Waals surface area contributed by atoms with E-state index < -0.39 is 0 Å². The Kier molecular flexibility index (Phi) is 2.87. The summed E-state index contributed by atoms with van der Waals surface area (Å²) < 4.78 is 1.82. The highest BCUT2D eigenvalue weighted by Crippen LogP contribution is 2.21. The van der Waals surface area contributed by atoms with E-state index in [-0.39, 0.29) is 0 Å². The summed E-state index contributed by atoms with van der Waals surface area (Å²) in [6, 6.07) is 0. The van der Waals surface area contributed by atoms with E-state index in [0.717, 1.165) is 0 Å². The molecule has 2 N–H and O–H groups in total. The highest BCUT2D eigenvalue weighted by Gasteiger charge is 2.14. The van der Waals surface area contributed by atoms with E-state index in [0.29, 0.717) is 18.4 Å². The van der Waals surface area contributed by atoms with Gasteiger partial charge in [-0.1, -0.05) is 13.8 Å². The summed E-state index contributed by atoms with van der Waals surface area (Å²) in [6.07, 6.45) is 3.94. The van der Waals surface area contributed by atoms with Crippen LogP contribution in [0.1, 0.15) is 25.3 Å². The van der Waals surface area contributed by atoms with E-state index in [1.165, 1.54) is 5.56 Å². The summed E-state index contributed by atoms with van der Waals surface area (Å²) in [5.41, 5.74) is 6.92. The van der Waals surface area contributed by atoms with Crippen LogP contribution in [0, 0.1) is 5.92 Å². The molecule has 0 aromatic carbocycles. The van der Waals surface area contributed by atoms with Crippen molar-refractivity contribution < 1.29 is 0 Å². The zero-order valence-electron chi connectivity index (χ0n) is 7.99.